The summed E-state index contributed by atoms with van der Waals surface area (Å²) in [6.07, 6.45) is 0. The summed E-state index contributed by atoms with van der Waals surface area (Å²) < 4.78 is 5.19. The summed E-state index contributed by atoms with van der Waals surface area (Å²) in [7, 11) is 0. The Hall–Kier alpha value is -1.59. The Bertz CT molecular complexity index is 634. The average Bonchev–Trinajstić information content (AvgIpc) is 2.68. The molecule has 0 aliphatic carbocycles. The number of benzene rings is 1. The highest BCUT2D eigenvalue weighted by Gasteiger charge is 2.17. The Morgan fingerprint density at radius 3 is 2.70 bits per heavy atom. The van der Waals surface area contributed by atoms with Crippen LogP contribution in [-0.4, -0.2) is 10.1 Å². The first-order chi connectivity index (χ1) is 9.40. The second-order valence-corrected chi connectivity index (χ2v) is 5.53. The molecule has 0 amide bonds. The van der Waals surface area contributed by atoms with E-state index in [2.05, 4.69) is 10.5 Å². The molecule has 1 atom stereocenters. The van der Waals surface area contributed by atoms with Crippen LogP contribution in [0.2, 0.25) is 5.02 Å². The van der Waals surface area contributed by atoms with E-state index < -0.39 is 0 Å². The third-order valence-electron chi connectivity index (χ3n) is 3.14. The van der Waals surface area contributed by atoms with Gasteiger partial charge in [-0.3, -0.25) is 0 Å². The molecule has 0 saturated heterocycles. The standard InChI is InChI=1S/C14H16ClN3OS/c1-7(13-8(2)18-19-9(13)3)17-12-6-10(15)4-5-11(12)14(16)20/h4-7,17H,1-3H3,(H2,16,20). The number of hydrogen-bond donors (Lipinski definition) is 2. The Labute approximate surface area is 128 Å². The molecule has 0 aliphatic heterocycles. The van der Waals surface area contributed by atoms with Gasteiger partial charge in [0.15, 0.2) is 0 Å². The van der Waals surface area contributed by atoms with Crippen LogP contribution in [0.25, 0.3) is 0 Å². The smallest absolute Gasteiger partial charge is 0.139 e. The number of nitrogens with one attached hydrogen (secondary N) is 1. The minimum absolute atomic E-state index is 0.00724. The van der Waals surface area contributed by atoms with E-state index in [0.29, 0.717) is 10.0 Å². The number of nitrogens with two attached hydrogens (primary N) is 1. The lowest BCUT2D eigenvalue weighted by molar-refractivity contribution is 0.392. The van der Waals surface area contributed by atoms with E-state index in [9.17, 15) is 0 Å². The quantitative estimate of drug-likeness (QED) is 0.842. The van der Waals surface area contributed by atoms with Gasteiger partial charge in [0.25, 0.3) is 0 Å². The molecule has 0 radical (unpaired) electrons. The van der Waals surface area contributed by atoms with Gasteiger partial charge >= 0.3 is 0 Å². The number of hydrogen-bond acceptors (Lipinski definition) is 4. The van der Waals surface area contributed by atoms with Crippen LogP contribution in [0.5, 0.6) is 0 Å². The van der Waals surface area contributed by atoms with Crippen molar-refractivity contribution in [3.8, 4) is 0 Å². The zero-order valence-corrected chi connectivity index (χ0v) is 13.1. The molecule has 106 valence electrons. The highest BCUT2D eigenvalue weighted by Crippen LogP contribution is 2.28. The second kappa shape index (κ2) is 5.81. The van der Waals surface area contributed by atoms with Crippen LogP contribution in [0.15, 0.2) is 22.7 Å². The second-order valence-electron chi connectivity index (χ2n) is 4.66. The van der Waals surface area contributed by atoms with Crippen LogP contribution in [0, 0.1) is 13.8 Å². The molecule has 1 heterocycles. The van der Waals surface area contributed by atoms with E-state index in [-0.39, 0.29) is 6.04 Å². The summed E-state index contributed by atoms with van der Waals surface area (Å²) in [5.41, 5.74) is 9.20. The third kappa shape index (κ3) is 2.94. The number of thiocarbonyl (C=S) groups is 1. The molecule has 0 saturated carbocycles. The third-order valence-corrected chi connectivity index (χ3v) is 3.60. The first kappa shape index (κ1) is 14.8. The van der Waals surface area contributed by atoms with Crippen molar-refractivity contribution < 1.29 is 4.52 Å². The summed E-state index contributed by atoms with van der Waals surface area (Å²) in [5, 5.41) is 7.95. The Kier molecular flexibility index (Phi) is 4.30. The molecular weight excluding hydrogens is 294 g/mol. The first-order valence-corrected chi connectivity index (χ1v) is 6.97. The van der Waals surface area contributed by atoms with Crippen LogP contribution >= 0.6 is 23.8 Å². The molecule has 0 fully saturated rings. The zero-order valence-electron chi connectivity index (χ0n) is 11.5. The number of rotatable bonds is 4. The number of nitrogens with zero attached hydrogens (tertiary/aromatic N) is 1. The molecule has 1 aromatic heterocycles. The van der Waals surface area contributed by atoms with Crippen molar-refractivity contribution in [1.82, 2.24) is 5.16 Å². The van der Waals surface area contributed by atoms with Crippen molar-refractivity contribution in [2.24, 2.45) is 5.73 Å². The maximum Gasteiger partial charge on any atom is 0.139 e. The molecule has 3 N–H and O–H groups in total. The topological polar surface area (TPSA) is 64.1 Å². The molecule has 0 aliphatic rings. The summed E-state index contributed by atoms with van der Waals surface area (Å²) in [6, 6.07) is 5.40. The number of aromatic nitrogens is 1. The first-order valence-electron chi connectivity index (χ1n) is 6.18. The van der Waals surface area contributed by atoms with Gasteiger partial charge in [0.05, 0.1) is 11.7 Å². The van der Waals surface area contributed by atoms with Crippen LogP contribution in [0.1, 0.15) is 35.5 Å². The van der Waals surface area contributed by atoms with E-state index in [4.69, 9.17) is 34.1 Å². The van der Waals surface area contributed by atoms with Crippen LogP contribution in [0.3, 0.4) is 0 Å². The lowest BCUT2D eigenvalue weighted by Crippen LogP contribution is -2.15. The van der Waals surface area contributed by atoms with Crippen LogP contribution in [0.4, 0.5) is 5.69 Å². The molecule has 20 heavy (non-hydrogen) atoms. The monoisotopic (exact) mass is 309 g/mol. The normalized spacial score (nSPS) is 12.2. The molecule has 2 aromatic rings. The largest absolute Gasteiger partial charge is 0.389 e. The minimum atomic E-state index is 0.00724. The fourth-order valence-electron chi connectivity index (χ4n) is 2.26. The Balaban J connectivity index is 2.35. The fraction of sp³-hybridized carbons (Fsp3) is 0.286. The van der Waals surface area contributed by atoms with E-state index in [1.54, 1.807) is 6.07 Å². The highest BCUT2D eigenvalue weighted by molar-refractivity contribution is 7.80. The molecular formula is C14H16ClN3OS. The molecule has 0 bridgehead atoms. The molecule has 4 nitrogen and oxygen atoms in total. The van der Waals surface area contributed by atoms with Crippen molar-refractivity contribution >= 4 is 34.5 Å². The van der Waals surface area contributed by atoms with Crippen LogP contribution < -0.4 is 11.1 Å². The van der Waals surface area contributed by atoms with Gasteiger partial charge in [-0.25, -0.2) is 0 Å². The highest BCUT2D eigenvalue weighted by atomic mass is 35.5. The summed E-state index contributed by atoms with van der Waals surface area (Å²) in [4.78, 5) is 0.329. The number of anilines is 1. The maximum absolute atomic E-state index is 6.04. The van der Waals surface area contributed by atoms with E-state index >= 15 is 0 Å². The van der Waals surface area contributed by atoms with E-state index in [1.165, 1.54) is 0 Å². The fourth-order valence-corrected chi connectivity index (χ4v) is 2.61. The van der Waals surface area contributed by atoms with Gasteiger partial charge in [0.1, 0.15) is 10.7 Å². The van der Waals surface area contributed by atoms with Crippen LogP contribution in [-0.2, 0) is 0 Å². The van der Waals surface area contributed by atoms with Crippen molar-refractivity contribution in [3.05, 3.63) is 45.8 Å². The average molecular weight is 310 g/mol. The van der Waals surface area contributed by atoms with Gasteiger partial charge in [-0.15, -0.1) is 0 Å². The predicted octanol–water partition coefficient (Wildman–Crippen LogP) is 3.75. The molecule has 6 heteroatoms. The van der Waals surface area contributed by atoms with E-state index in [1.807, 2.05) is 32.9 Å². The van der Waals surface area contributed by atoms with Crippen molar-refractivity contribution in [3.63, 3.8) is 0 Å². The van der Waals surface area contributed by atoms with Crippen molar-refractivity contribution in [2.75, 3.05) is 5.32 Å². The van der Waals surface area contributed by atoms with Gasteiger partial charge in [-0.05, 0) is 39.0 Å². The summed E-state index contributed by atoms with van der Waals surface area (Å²) in [5.74, 6) is 0.793. The Morgan fingerprint density at radius 1 is 1.45 bits per heavy atom. The lowest BCUT2D eigenvalue weighted by Gasteiger charge is -2.18. The predicted molar refractivity (Wildman–Crippen MR) is 85.4 cm³/mol. The van der Waals surface area contributed by atoms with Gasteiger partial charge in [-0.1, -0.05) is 29.0 Å². The summed E-state index contributed by atoms with van der Waals surface area (Å²) in [6.45, 7) is 5.83. The Morgan fingerprint density at radius 2 is 2.15 bits per heavy atom. The SMILES string of the molecule is Cc1noc(C)c1C(C)Nc1cc(Cl)ccc1C(N)=S. The lowest BCUT2D eigenvalue weighted by atomic mass is 10.1. The molecule has 0 spiro atoms. The minimum Gasteiger partial charge on any atom is -0.389 e. The van der Waals surface area contributed by atoms with Crippen molar-refractivity contribution in [1.29, 1.82) is 0 Å². The zero-order chi connectivity index (χ0) is 14.9. The van der Waals surface area contributed by atoms with Gasteiger partial charge in [0, 0.05) is 21.8 Å². The molecule has 2 rings (SSSR count). The van der Waals surface area contributed by atoms with Gasteiger partial charge in [0.2, 0.25) is 0 Å². The maximum atomic E-state index is 6.04. The number of aryl methyl sites for hydroxylation is 2. The molecule has 1 aromatic carbocycles. The van der Waals surface area contributed by atoms with Crippen molar-refractivity contribution in [2.45, 2.75) is 26.8 Å². The number of halogens is 1. The molecule has 1 unspecified atom stereocenters. The van der Waals surface area contributed by atoms with E-state index in [0.717, 1.165) is 28.3 Å². The summed E-state index contributed by atoms with van der Waals surface area (Å²) >= 11 is 11.1. The van der Waals surface area contributed by atoms with Gasteiger partial charge < -0.3 is 15.6 Å². The van der Waals surface area contributed by atoms with Gasteiger partial charge in [-0.2, -0.15) is 0 Å².